The first-order chi connectivity index (χ1) is 15.4. The smallest absolute Gasteiger partial charge is 0.250 e. The Kier molecular flexibility index (Phi) is 4.01. The van der Waals surface area contributed by atoms with E-state index in [4.69, 9.17) is 0 Å². The average molecular weight is 430 g/mol. The number of anilines is 2. The number of carbonyl (C=O) groups excluding carboxylic acids is 3. The third-order valence-electron chi connectivity index (χ3n) is 8.21. The van der Waals surface area contributed by atoms with Crippen LogP contribution in [-0.4, -0.2) is 35.2 Å². The summed E-state index contributed by atoms with van der Waals surface area (Å²) in [6.07, 6.45) is 2.60. The van der Waals surface area contributed by atoms with Gasteiger partial charge in [0.15, 0.2) is 0 Å². The highest BCUT2D eigenvalue weighted by Crippen LogP contribution is 2.60. The van der Waals surface area contributed by atoms with Gasteiger partial charge in [0.25, 0.3) is 0 Å². The third kappa shape index (κ3) is 2.21. The van der Waals surface area contributed by atoms with Crippen molar-refractivity contribution in [1.82, 2.24) is 4.90 Å². The lowest BCUT2D eigenvalue weighted by Crippen LogP contribution is -2.54. The van der Waals surface area contributed by atoms with Crippen LogP contribution in [-0.2, 0) is 26.3 Å². The van der Waals surface area contributed by atoms with Crippen LogP contribution in [0.25, 0.3) is 0 Å². The highest BCUT2D eigenvalue weighted by atomic mass is 16.2. The fourth-order valence-electron chi connectivity index (χ4n) is 6.59. The number of fused-ring (bicyclic) bond motifs is 7. The molecule has 6 rings (SSSR count). The van der Waals surface area contributed by atoms with Gasteiger partial charge in [-0.2, -0.15) is 0 Å². The zero-order valence-corrected chi connectivity index (χ0v) is 18.6. The second-order valence-electron chi connectivity index (χ2n) is 9.64. The first-order valence-corrected chi connectivity index (χ1v) is 11.6. The van der Waals surface area contributed by atoms with Crippen LogP contribution in [0.4, 0.5) is 11.4 Å². The fraction of sp³-hybridized carbons (Fsp3) is 0.423. The molecule has 3 saturated heterocycles. The Morgan fingerprint density at radius 3 is 2.59 bits per heavy atom. The van der Waals surface area contributed by atoms with Crippen LogP contribution in [0.1, 0.15) is 42.0 Å². The van der Waals surface area contributed by atoms with Gasteiger partial charge in [0, 0.05) is 17.3 Å². The molecule has 0 aliphatic carbocycles. The normalized spacial score (nSPS) is 30.8. The molecule has 164 valence electrons. The Labute approximate surface area is 187 Å². The standard InChI is InChI=1S/C26H27N3O3/c1-4-16-8-10-19-18(13-16)26(25(32)27-19)22-21(20-6-5-11-28(20)26)23(30)29(24(22)31)17-9-7-14(2)15(3)12-17/h7-10,12-13,20-22H,4-6,11H2,1-3H3,(H,27,32). The van der Waals surface area contributed by atoms with Crippen LogP contribution in [0.2, 0.25) is 0 Å². The summed E-state index contributed by atoms with van der Waals surface area (Å²) in [5.74, 6) is -1.76. The van der Waals surface area contributed by atoms with Gasteiger partial charge in [-0.15, -0.1) is 0 Å². The Bertz CT molecular complexity index is 1200. The summed E-state index contributed by atoms with van der Waals surface area (Å²) in [5, 5.41) is 3.05. The van der Waals surface area contributed by atoms with E-state index in [1.54, 1.807) is 0 Å². The molecule has 2 aromatic rings. The van der Waals surface area contributed by atoms with Crippen molar-refractivity contribution in [3.63, 3.8) is 0 Å². The van der Waals surface area contributed by atoms with E-state index in [0.29, 0.717) is 5.69 Å². The Hall–Kier alpha value is -2.99. The second kappa shape index (κ2) is 6.51. The van der Waals surface area contributed by atoms with E-state index in [2.05, 4.69) is 23.2 Å². The van der Waals surface area contributed by atoms with Gasteiger partial charge in [-0.25, -0.2) is 4.90 Å². The van der Waals surface area contributed by atoms with E-state index in [1.165, 1.54) is 4.90 Å². The quantitative estimate of drug-likeness (QED) is 0.744. The zero-order chi connectivity index (χ0) is 22.4. The SMILES string of the molecule is CCc1ccc2c(c1)C1(C(=O)N2)C2C(=O)N(c3ccc(C)c(C)c3)C(=O)C2C2CCCN21. The highest BCUT2D eigenvalue weighted by molar-refractivity contribution is 6.25. The summed E-state index contributed by atoms with van der Waals surface area (Å²) >= 11 is 0. The van der Waals surface area contributed by atoms with Crippen molar-refractivity contribution in [2.75, 3.05) is 16.8 Å². The van der Waals surface area contributed by atoms with Crippen molar-refractivity contribution in [3.05, 3.63) is 58.7 Å². The van der Waals surface area contributed by atoms with Crippen LogP contribution in [0.3, 0.4) is 0 Å². The topological polar surface area (TPSA) is 69.7 Å². The van der Waals surface area contributed by atoms with Crippen molar-refractivity contribution >= 4 is 29.1 Å². The van der Waals surface area contributed by atoms with E-state index in [0.717, 1.165) is 53.7 Å². The molecule has 4 unspecified atom stereocenters. The minimum absolute atomic E-state index is 0.0880. The molecule has 0 radical (unpaired) electrons. The lowest BCUT2D eigenvalue weighted by molar-refractivity contribution is -0.135. The number of amides is 3. The van der Waals surface area contributed by atoms with E-state index in [1.807, 2.05) is 44.2 Å². The Balaban J connectivity index is 1.55. The van der Waals surface area contributed by atoms with Crippen molar-refractivity contribution in [2.45, 2.75) is 51.6 Å². The maximum Gasteiger partial charge on any atom is 0.250 e. The van der Waals surface area contributed by atoms with Crippen LogP contribution in [0, 0.1) is 25.7 Å². The van der Waals surface area contributed by atoms with Crippen LogP contribution in [0.5, 0.6) is 0 Å². The summed E-state index contributed by atoms with van der Waals surface area (Å²) in [6.45, 7) is 6.81. The second-order valence-corrected chi connectivity index (χ2v) is 9.64. The first kappa shape index (κ1) is 19.7. The number of nitrogens with one attached hydrogen (secondary N) is 1. The number of hydrogen-bond acceptors (Lipinski definition) is 4. The number of benzene rings is 2. The van der Waals surface area contributed by atoms with Crippen molar-refractivity contribution in [1.29, 1.82) is 0 Å². The van der Waals surface area contributed by atoms with Gasteiger partial charge in [0.2, 0.25) is 17.7 Å². The highest BCUT2D eigenvalue weighted by Gasteiger charge is 2.74. The van der Waals surface area contributed by atoms with Gasteiger partial charge in [-0.3, -0.25) is 19.3 Å². The summed E-state index contributed by atoms with van der Waals surface area (Å²) < 4.78 is 0. The maximum atomic E-state index is 14.0. The number of aryl methyl sites for hydroxylation is 3. The number of imide groups is 1. The van der Waals surface area contributed by atoms with E-state index < -0.39 is 17.4 Å². The molecule has 0 bridgehead atoms. The summed E-state index contributed by atoms with van der Waals surface area (Å²) in [7, 11) is 0. The Morgan fingerprint density at radius 1 is 1.03 bits per heavy atom. The predicted octanol–water partition coefficient (Wildman–Crippen LogP) is 3.30. The van der Waals surface area contributed by atoms with Crippen molar-refractivity contribution in [3.8, 4) is 0 Å². The lowest BCUT2D eigenvalue weighted by atomic mass is 9.75. The molecule has 6 heteroatoms. The van der Waals surface area contributed by atoms with E-state index in [-0.39, 0.29) is 23.8 Å². The molecule has 0 saturated carbocycles. The monoisotopic (exact) mass is 429 g/mol. The van der Waals surface area contributed by atoms with Crippen molar-refractivity contribution < 1.29 is 14.4 Å². The minimum atomic E-state index is -1.10. The molecule has 32 heavy (non-hydrogen) atoms. The third-order valence-corrected chi connectivity index (χ3v) is 8.21. The fourth-order valence-corrected chi connectivity index (χ4v) is 6.59. The number of nitrogens with zero attached hydrogens (tertiary/aromatic N) is 2. The van der Waals surface area contributed by atoms with Gasteiger partial charge < -0.3 is 5.32 Å². The van der Waals surface area contributed by atoms with E-state index >= 15 is 0 Å². The number of carbonyl (C=O) groups is 3. The molecule has 4 heterocycles. The predicted molar refractivity (Wildman–Crippen MR) is 121 cm³/mol. The molecule has 4 atom stereocenters. The molecule has 4 aliphatic heterocycles. The minimum Gasteiger partial charge on any atom is -0.324 e. The summed E-state index contributed by atoms with van der Waals surface area (Å²) in [5.41, 5.74) is 4.41. The molecular formula is C26H27N3O3. The molecule has 1 spiro atoms. The van der Waals surface area contributed by atoms with Crippen LogP contribution >= 0.6 is 0 Å². The van der Waals surface area contributed by atoms with Crippen LogP contribution in [0.15, 0.2) is 36.4 Å². The summed E-state index contributed by atoms with van der Waals surface area (Å²) in [4.78, 5) is 45.0. The lowest BCUT2D eigenvalue weighted by Gasteiger charge is -2.36. The van der Waals surface area contributed by atoms with Crippen LogP contribution < -0.4 is 10.2 Å². The first-order valence-electron chi connectivity index (χ1n) is 11.6. The van der Waals surface area contributed by atoms with Gasteiger partial charge >= 0.3 is 0 Å². The van der Waals surface area contributed by atoms with Gasteiger partial charge in [-0.05, 0) is 74.5 Å². The number of rotatable bonds is 2. The molecule has 4 aliphatic rings. The van der Waals surface area contributed by atoms with Crippen molar-refractivity contribution in [2.24, 2.45) is 11.8 Å². The zero-order valence-electron chi connectivity index (χ0n) is 18.6. The largest absolute Gasteiger partial charge is 0.324 e. The molecule has 3 amide bonds. The molecule has 6 nitrogen and oxygen atoms in total. The molecule has 1 N–H and O–H groups in total. The van der Waals surface area contributed by atoms with Gasteiger partial charge in [0.1, 0.15) is 5.54 Å². The Morgan fingerprint density at radius 2 is 1.84 bits per heavy atom. The molecule has 2 aromatic carbocycles. The molecular weight excluding hydrogens is 402 g/mol. The number of hydrogen-bond donors (Lipinski definition) is 1. The van der Waals surface area contributed by atoms with Gasteiger partial charge in [-0.1, -0.05) is 25.1 Å². The maximum absolute atomic E-state index is 14.0. The summed E-state index contributed by atoms with van der Waals surface area (Å²) in [6, 6.07) is 11.6. The average Bonchev–Trinajstić information content (AvgIpc) is 3.48. The van der Waals surface area contributed by atoms with E-state index in [9.17, 15) is 14.4 Å². The molecule has 3 fully saturated rings. The molecule has 0 aromatic heterocycles. The van der Waals surface area contributed by atoms with Gasteiger partial charge in [0.05, 0.1) is 17.5 Å².